The van der Waals surface area contributed by atoms with Crippen LogP contribution in [0.15, 0.2) is 109 Å². The van der Waals surface area contributed by atoms with Crippen LogP contribution in [0.3, 0.4) is 0 Å². The molecule has 0 fully saturated rings. The van der Waals surface area contributed by atoms with Crippen molar-refractivity contribution in [1.29, 1.82) is 0 Å². The number of rotatable bonds is 42. The Morgan fingerprint density at radius 2 is 0.905 bits per heavy atom. The molecule has 2 atom stereocenters. The van der Waals surface area contributed by atoms with E-state index in [0.717, 1.165) is 122 Å². The summed E-state index contributed by atoms with van der Waals surface area (Å²) in [5.74, 6) is -2.07. The van der Waals surface area contributed by atoms with Crippen molar-refractivity contribution < 1.29 is 42.9 Å². The first-order valence-electron chi connectivity index (χ1n) is 24.1. The third kappa shape index (κ3) is 45.8. The standard InChI is InChI=1S/C54H87NO8/c1-6-8-10-12-13-14-15-16-17-18-19-20-21-22-23-24-25-26-27-28-29-30-31-32-33-34-35-36-37-38-39-41-43-45-52(57)63-50(48-61-51(56)44-42-40-11-9-7-2)49-62-54(53(58)59)60-47-46-55(3,4)5/h8,10,13-14,16-17,19-20,22-23,25-26,28-29,31-32,34-35,50,54H,6-7,9,11-12,15,18,21,24,27,30,33,36-49H2,1-5H3/p+1/b10-8-,14-13-,17-16-,20-19-,23-22-,26-25-,29-28-,32-31-,35-34-. The highest BCUT2D eigenvalue weighted by Gasteiger charge is 2.25. The Kier molecular flexibility index (Phi) is 41.7. The molecule has 0 aromatic rings. The zero-order chi connectivity index (χ0) is 46.3. The van der Waals surface area contributed by atoms with Crippen molar-refractivity contribution in [1.82, 2.24) is 0 Å². The highest BCUT2D eigenvalue weighted by Crippen LogP contribution is 2.12. The topological polar surface area (TPSA) is 108 Å². The average molecular weight is 879 g/mol. The summed E-state index contributed by atoms with van der Waals surface area (Å²) in [7, 11) is 5.92. The van der Waals surface area contributed by atoms with Gasteiger partial charge in [0, 0.05) is 12.8 Å². The molecule has 0 bridgehead atoms. The predicted octanol–water partition coefficient (Wildman–Crippen LogP) is 13.2. The van der Waals surface area contributed by atoms with Crippen LogP contribution in [0.5, 0.6) is 0 Å². The fourth-order valence-electron chi connectivity index (χ4n) is 5.83. The van der Waals surface area contributed by atoms with Crippen LogP contribution in [0.25, 0.3) is 0 Å². The molecule has 9 heteroatoms. The summed E-state index contributed by atoms with van der Waals surface area (Å²) in [6.45, 7) is 4.60. The molecular weight excluding hydrogens is 791 g/mol. The summed E-state index contributed by atoms with van der Waals surface area (Å²) < 4.78 is 22.5. The third-order valence-electron chi connectivity index (χ3n) is 9.54. The molecule has 9 nitrogen and oxygen atoms in total. The van der Waals surface area contributed by atoms with Crippen LogP contribution in [-0.2, 0) is 33.3 Å². The Labute approximate surface area is 384 Å². The summed E-state index contributed by atoms with van der Waals surface area (Å²) in [4.78, 5) is 36.8. The van der Waals surface area contributed by atoms with E-state index in [1.807, 2.05) is 21.1 Å². The van der Waals surface area contributed by atoms with Gasteiger partial charge in [-0.3, -0.25) is 9.59 Å². The number of ether oxygens (including phenoxy) is 4. The molecular formula is C54H88NO8+. The first kappa shape index (κ1) is 58.9. The smallest absolute Gasteiger partial charge is 0.361 e. The third-order valence-corrected chi connectivity index (χ3v) is 9.54. The Morgan fingerprint density at radius 1 is 0.492 bits per heavy atom. The number of carbonyl (C=O) groups is 3. The van der Waals surface area contributed by atoms with Crippen molar-refractivity contribution in [3.8, 4) is 0 Å². The van der Waals surface area contributed by atoms with Gasteiger partial charge < -0.3 is 28.5 Å². The lowest BCUT2D eigenvalue weighted by atomic mass is 10.1. The van der Waals surface area contributed by atoms with E-state index in [9.17, 15) is 19.5 Å². The van der Waals surface area contributed by atoms with Crippen LogP contribution in [0.2, 0.25) is 0 Å². The number of likely N-dealkylation sites (N-methyl/N-ethyl adjacent to an activating group) is 1. The molecule has 0 aliphatic carbocycles. The van der Waals surface area contributed by atoms with Gasteiger partial charge in [0.25, 0.3) is 6.29 Å². The van der Waals surface area contributed by atoms with E-state index in [0.29, 0.717) is 17.4 Å². The summed E-state index contributed by atoms with van der Waals surface area (Å²) in [6, 6.07) is 0. The lowest BCUT2D eigenvalue weighted by molar-refractivity contribution is -0.870. The van der Waals surface area contributed by atoms with Crippen LogP contribution < -0.4 is 0 Å². The van der Waals surface area contributed by atoms with Crippen molar-refractivity contribution in [3.63, 3.8) is 0 Å². The summed E-state index contributed by atoms with van der Waals surface area (Å²) in [5.41, 5.74) is 0. The van der Waals surface area contributed by atoms with Crippen LogP contribution in [-0.4, -0.2) is 87.4 Å². The monoisotopic (exact) mass is 879 g/mol. The predicted molar refractivity (Wildman–Crippen MR) is 262 cm³/mol. The molecule has 0 aromatic heterocycles. The van der Waals surface area contributed by atoms with Gasteiger partial charge >= 0.3 is 17.9 Å². The molecule has 63 heavy (non-hydrogen) atoms. The normalized spacial score (nSPS) is 13.9. The maximum absolute atomic E-state index is 12.7. The van der Waals surface area contributed by atoms with Gasteiger partial charge in [0.2, 0.25) is 0 Å². The zero-order valence-electron chi connectivity index (χ0n) is 40.2. The number of unbranched alkanes of at least 4 members (excludes halogenated alkanes) is 9. The molecule has 0 aliphatic rings. The first-order chi connectivity index (χ1) is 30.6. The Balaban J connectivity index is 4.18. The number of quaternary nitrogens is 1. The van der Waals surface area contributed by atoms with Gasteiger partial charge in [-0.1, -0.05) is 168 Å². The Hall–Kier alpha value is -4.05. The molecule has 0 radical (unpaired) electrons. The molecule has 0 aromatic carbocycles. The quantitative estimate of drug-likeness (QED) is 0.0212. The molecule has 2 unspecified atom stereocenters. The highest BCUT2D eigenvalue weighted by atomic mass is 16.7. The number of hydrogen-bond donors (Lipinski definition) is 1. The lowest BCUT2D eigenvalue weighted by Gasteiger charge is -2.25. The Bertz CT molecular complexity index is 1390. The van der Waals surface area contributed by atoms with Crippen LogP contribution in [0, 0.1) is 0 Å². The fourth-order valence-corrected chi connectivity index (χ4v) is 5.83. The van der Waals surface area contributed by atoms with E-state index >= 15 is 0 Å². The van der Waals surface area contributed by atoms with Crippen molar-refractivity contribution in [2.24, 2.45) is 0 Å². The number of aliphatic carboxylic acids is 1. The van der Waals surface area contributed by atoms with Crippen LogP contribution in [0.4, 0.5) is 0 Å². The molecule has 0 heterocycles. The van der Waals surface area contributed by atoms with E-state index < -0.39 is 24.3 Å². The maximum atomic E-state index is 12.7. The highest BCUT2D eigenvalue weighted by molar-refractivity contribution is 5.71. The van der Waals surface area contributed by atoms with Crippen molar-refractivity contribution >= 4 is 17.9 Å². The van der Waals surface area contributed by atoms with Gasteiger partial charge in [-0.25, -0.2) is 4.79 Å². The van der Waals surface area contributed by atoms with E-state index in [2.05, 4.69) is 123 Å². The van der Waals surface area contributed by atoms with Gasteiger partial charge in [0.1, 0.15) is 13.2 Å². The van der Waals surface area contributed by atoms with Crippen molar-refractivity contribution in [2.75, 3.05) is 47.5 Å². The lowest BCUT2D eigenvalue weighted by Crippen LogP contribution is -2.40. The molecule has 1 N–H and O–H groups in total. The molecule has 0 amide bonds. The molecule has 0 spiro atoms. The van der Waals surface area contributed by atoms with Crippen LogP contribution in [0.1, 0.15) is 155 Å². The number of carboxylic acid groups (broad SMARTS) is 1. The Morgan fingerprint density at radius 3 is 1.35 bits per heavy atom. The van der Waals surface area contributed by atoms with E-state index in [4.69, 9.17) is 18.9 Å². The zero-order valence-corrected chi connectivity index (χ0v) is 40.2. The first-order valence-corrected chi connectivity index (χ1v) is 24.1. The minimum absolute atomic E-state index is 0.178. The number of nitrogens with zero attached hydrogens (tertiary/aromatic N) is 1. The number of carbonyl (C=O) groups excluding carboxylic acids is 2. The second kappa shape index (κ2) is 44.6. The van der Waals surface area contributed by atoms with Crippen LogP contribution >= 0.6 is 0 Å². The van der Waals surface area contributed by atoms with Crippen molar-refractivity contribution in [3.05, 3.63) is 109 Å². The number of esters is 2. The number of hydrogen-bond acceptors (Lipinski definition) is 7. The molecule has 0 aliphatic heterocycles. The SMILES string of the molecule is CC/C=C\C/C=C\C/C=C\C/C=C\C/C=C\C/C=C\C/C=C\C/C=C\C/C=C\CCCCCCCC(=O)OC(COC(=O)CCCCCCC)COC(OCC[N+](C)(C)C)C(=O)O. The van der Waals surface area contributed by atoms with Gasteiger partial charge in [0.05, 0.1) is 34.4 Å². The summed E-state index contributed by atoms with van der Waals surface area (Å²) in [5, 5.41) is 9.59. The van der Waals surface area contributed by atoms with E-state index in [1.165, 1.54) is 0 Å². The molecule has 0 saturated heterocycles. The summed E-state index contributed by atoms with van der Waals surface area (Å²) >= 11 is 0. The minimum Gasteiger partial charge on any atom is -0.477 e. The van der Waals surface area contributed by atoms with Gasteiger partial charge in [-0.2, -0.15) is 0 Å². The number of allylic oxidation sites excluding steroid dienone is 18. The summed E-state index contributed by atoms with van der Waals surface area (Å²) in [6.07, 6.45) is 57.8. The van der Waals surface area contributed by atoms with E-state index in [1.54, 1.807) is 0 Å². The largest absolute Gasteiger partial charge is 0.477 e. The maximum Gasteiger partial charge on any atom is 0.361 e. The number of carboxylic acids is 1. The minimum atomic E-state index is -1.52. The fraction of sp³-hybridized carbons (Fsp3) is 0.611. The molecule has 0 rings (SSSR count). The second-order valence-corrected chi connectivity index (χ2v) is 16.7. The second-order valence-electron chi connectivity index (χ2n) is 16.7. The van der Waals surface area contributed by atoms with Gasteiger partial charge in [0.15, 0.2) is 6.10 Å². The van der Waals surface area contributed by atoms with E-state index in [-0.39, 0.29) is 38.6 Å². The average Bonchev–Trinajstić information content (AvgIpc) is 3.24. The van der Waals surface area contributed by atoms with Gasteiger partial charge in [-0.05, 0) is 83.5 Å². The van der Waals surface area contributed by atoms with Crippen molar-refractivity contribution in [2.45, 2.75) is 167 Å². The molecule has 0 saturated carbocycles. The molecule has 356 valence electrons. The van der Waals surface area contributed by atoms with Gasteiger partial charge in [-0.15, -0.1) is 0 Å².